The molecule has 0 aliphatic heterocycles. The van der Waals surface area contributed by atoms with E-state index in [1.807, 2.05) is 12.1 Å². The van der Waals surface area contributed by atoms with Crippen LogP contribution in [0.4, 0.5) is 5.69 Å². The van der Waals surface area contributed by atoms with Gasteiger partial charge in [-0.05, 0) is 36.5 Å². The van der Waals surface area contributed by atoms with Crippen LogP contribution in [-0.4, -0.2) is 33.2 Å². The first kappa shape index (κ1) is 17.8. The van der Waals surface area contributed by atoms with Gasteiger partial charge in [0, 0.05) is 6.04 Å². The number of benzene rings is 1. The second-order valence-electron chi connectivity index (χ2n) is 6.56. The van der Waals surface area contributed by atoms with Crippen molar-refractivity contribution < 1.29 is 13.2 Å². The third kappa shape index (κ3) is 4.96. The van der Waals surface area contributed by atoms with Crippen molar-refractivity contribution in [1.82, 2.24) is 5.32 Å². The molecule has 1 fully saturated rings. The predicted molar refractivity (Wildman–Crippen MR) is 93.1 cm³/mol. The van der Waals surface area contributed by atoms with Gasteiger partial charge in [-0.1, -0.05) is 38.8 Å². The minimum absolute atomic E-state index is 0.170. The topological polar surface area (TPSA) is 66.5 Å². The first-order chi connectivity index (χ1) is 10.8. The molecule has 0 aromatic heterocycles. The van der Waals surface area contributed by atoms with Crippen LogP contribution < -0.4 is 9.62 Å². The van der Waals surface area contributed by atoms with Crippen molar-refractivity contribution in [1.29, 1.82) is 0 Å². The highest BCUT2D eigenvalue weighted by molar-refractivity contribution is 7.92. The zero-order valence-corrected chi connectivity index (χ0v) is 14.9. The monoisotopic (exact) mass is 338 g/mol. The van der Waals surface area contributed by atoms with Crippen molar-refractivity contribution in [2.24, 2.45) is 0 Å². The van der Waals surface area contributed by atoms with Crippen molar-refractivity contribution >= 4 is 21.6 Å². The SMILES string of the molecule is CC(C)c1ccc(N(CC(=O)NC2CCCC2)S(C)(=O)=O)cc1. The van der Waals surface area contributed by atoms with E-state index in [2.05, 4.69) is 19.2 Å². The Balaban J connectivity index is 2.12. The van der Waals surface area contributed by atoms with E-state index < -0.39 is 10.0 Å². The summed E-state index contributed by atoms with van der Waals surface area (Å²) in [4.78, 5) is 12.2. The van der Waals surface area contributed by atoms with Crippen molar-refractivity contribution in [3.63, 3.8) is 0 Å². The summed E-state index contributed by atoms with van der Waals surface area (Å²) in [5.74, 6) is 0.136. The number of sulfonamides is 1. The maximum absolute atomic E-state index is 12.2. The molecule has 0 atom stereocenters. The highest BCUT2D eigenvalue weighted by atomic mass is 32.2. The molecule has 23 heavy (non-hydrogen) atoms. The average Bonchev–Trinajstić information content (AvgIpc) is 2.96. The van der Waals surface area contributed by atoms with Crippen LogP contribution in [0.5, 0.6) is 0 Å². The molecule has 1 N–H and O–H groups in total. The van der Waals surface area contributed by atoms with Gasteiger partial charge in [-0.25, -0.2) is 8.42 Å². The van der Waals surface area contributed by atoms with Crippen molar-refractivity contribution in [3.8, 4) is 0 Å². The third-order valence-corrected chi connectivity index (χ3v) is 5.40. The summed E-state index contributed by atoms with van der Waals surface area (Å²) in [7, 11) is -3.51. The molecule has 1 amide bonds. The number of carbonyl (C=O) groups excluding carboxylic acids is 1. The van der Waals surface area contributed by atoms with E-state index in [9.17, 15) is 13.2 Å². The summed E-state index contributed by atoms with van der Waals surface area (Å²) in [5.41, 5.74) is 1.66. The van der Waals surface area contributed by atoms with Gasteiger partial charge in [-0.2, -0.15) is 0 Å². The van der Waals surface area contributed by atoms with E-state index in [4.69, 9.17) is 0 Å². The normalized spacial score (nSPS) is 15.8. The summed E-state index contributed by atoms with van der Waals surface area (Å²) >= 11 is 0. The molecule has 1 aromatic rings. The molecule has 0 saturated heterocycles. The van der Waals surface area contributed by atoms with Crippen LogP contribution in [0, 0.1) is 0 Å². The van der Waals surface area contributed by atoms with E-state index in [1.54, 1.807) is 12.1 Å². The van der Waals surface area contributed by atoms with E-state index in [0.29, 0.717) is 11.6 Å². The highest BCUT2D eigenvalue weighted by Crippen LogP contribution is 2.22. The van der Waals surface area contributed by atoms with Gasteiger partial charge < -0.3 is 5.32 Å². The largest absolute Gasteiger partial charge is 0.352 e. The number of hydrogen-bond acceptors (Lipinski definition) is 3. The lowest BCUT2D eigenvalue weighted by atomic mass is 10.0. The Morgan fingerprint density at radius 2 is 1.78 bits per heavy atom. The van der Waals surface area contributed by atoms with Crippen molar-refractivity contribution in [3.05, 3.63) is 29.8 Å². The molecule has 1 aliphatic carbocycles. The summed E-state index contributed by atoms with van der Waals surface area (Å²) in [6.45, 7) is 3.99. The van der Waals surface area contributed by atoms with Gasteiger partial charge in [-0.3, -0.25) is 9.10 Å². The molecule has 0 unspecified atom stereocenters. The molecular weight excluding hydrogens is 312 g/mol. The van der Waals surface area contributed by atoms with E-state index in [1.165, 1.54) is 4.31 Å². The Labute approximate surface area is 139 Å². The van der Waals surface area contributed by atoms with E-state index >= 15 is 0 Å². The average molecular weight is 338 g/mol. The Morgan fingerprint density at radius 3 is 2.26 bits per heavy atom. The summed E-state index contributed by atoms with van der Waals surface area (Å²) < 4.78 is 25.3. The second kappa shape index (κ2) is 7.34. The van der Waals surface area contributed by atoms with Crippen LogP contribution in [0.2, 0.25) is 0 Å². The fourth-order valence-electron chi connectivity index (χ4n) is 2.90. The van der Waals surface area contributed by atoms with Gasteiger partial charge in [-0.15, -0.1) is 0 Å². The number of anilines is 1. The van der Waals surface area contributed by atoms with Gasteiger partial charge >= 0.3 is 0 Å². The van der Waals surface area contributed by atoms with Gasteiger partial charge in [0.05, 0.1) is 11.9 Å². The standard InChI is InChI=1S/C17H26N2O3S/c1-13(2)14-8-10-16(11-9-14)19(23(3,21)22)12-17(20)18-15-6-4-5-7-15/h8-11,13,15H,4-7,12H2,1-3H3,(H,18,20). The first-order valence-corrected chi connectivity index (χ1v) is 9.99. The lowest BCUT2D eigenvalue weighted by Crippen LogP contribution is -2.43. The lowest BCUT2D eigenvalue weighted by molar-refractivity contribution is -0.120. The second-order valence-corrected chi connectivity index (χ2v) is 8.47. The Hall–Kier alpha value is -1.56. The van der Waals surface area contributed by atoms with Gasteiger partial charge in [0.15, 0.2) is 0 Å². The lowest BCUT2D eigenvalue weighted by Gasteiger charge is -2.23. The third-order valence-electron chi connectivity index (χ3n) is 4.26. The zero-order chi connectivity index (χ0) is 17.0. The quantitative estimate of drug-likeness (QED) is 0.867. The summed E-state index contributed by atoms with van der Waals surface area (Å²) in [6, 6.07) is 7.53. The number of rotatable bonds is 6. The van der Waals surface area contributed by atoms with Crippen LogP contribution in [0.15, 0.2) is 24.3 Å². The molecule has 0 radical (unpaired) electrons. The minimum Gasteiger partial charge on any atom is -0.352 e. The zero-order valence-electron chi connectivity index (χ0n) is 14.1. The van der Waals surface area contributed by atoms with Crippen LogP contribution in [0.25, 0.3) is 0 Å². The molecule has 1 aromatic carbocycles. The van der Waals surface area contributed by atoms with Crippen molar-refractivity contribution in [2.75, 3.05) is 17.1 Å². The van der Waals surface area contributed by atoms with Gasteiger partial charge in [0.25, 0.3) is 0 Å². The molecule has 1 aliphatic rings. The number of carbonyl (C=O) groups is 1. The predicted octanol–water partition coefficient (Wildman–Crippen LogP) is 2.63. The summed E-state index contributed by atoms with van der Waals surface area (Å²) in [6.07, 6.45) is 5.34. The smallest absolute Gasteiger partial charge is 0.240 e. The van der Waals surface area contributed by atoms with Crippen LogP contribution in [-0.2, 0) is 14.8 Å². The molecule has 0 spiro atoms. The molecule has 0 heterocycles. The molecule has 6 heteroatoms. The summed E-state index contributed by atoms with van der Waals surface area (Å²) in [5, 5.41) is 2.94. The maximum atomic E-state index is 12.2. The molecule has 1 saturated carbocycles. The fraction of sp³-hybridized carbons (Fsp3) is 0.588. The molecule has 5 nitrogen and oxygen atoms in total. The minimum atomic E-state index is -3.51. The number of hydrogen-bond donors (Lipinski definition) is 1. The first-order valence-electron chi connectivity index (χ1n) is 8.14. The molecular formula is C17H26N2O3S. The van der Waals surface area contributed by atoms with Crippen LogP contribution >= 0.6 is 0 Å². The van der Waals surface area contributed by atoms with E-state index in [-0.39, 0.29) is 18.5 Å². The van der Waals surface area contributed by atoms with Gasteiger partial charge in [0.1, 0.15) is 6.54 Å². The van der Waals surface area contributed by atoms with Gasteiger partial charge in [0.2, 0.25) is 15.9 Å². The van der Waals surface area contributed by atoms with Crippen LogP contribution in [0.3, 0.4) is 0 Å². The molecule has 2 rings (SSSR count). The number of nitrogens with one attached hydrogen (secondary N) is 1. The molecule has 0 bridgehead atoms. The maximum Gasteiger partial charge on any atom is 0.240 e. The van der Waals surface area contributed by atoms with Crippen LogP contribution in [0.1, 0.15) is 51.0 Å². The highest BCUT2D eigenvalue weighted by Gasteiger charge is 2.23. The van der Waals surface area contributed by atoms with Crippen molar-refractivity contribution in [2.45, 2.75) is 51.5 Å². The fourth-order valence-corrected chi connectivity index (χ4v) is 3.76. The Morgan fingerprint density at radius 1 is 1.22 bits per heavy atom. The Kier molecular flexibility index (Phi) is 5.68. The van der Waals surface area contributed by atoms with E-state index in [0.717, 1.165) is 37.5 Å². The molecule has 128 valence electrons. The Bertz CT molecular complexity index is 632. The number of nitrogens with zero attached hydrogens (tertiary/aromatic N) is 1. The number of amides is 1.